The normalized spacial score (nSPS) is 17.8. The average Bonchev–Trinajstić information content (AvgIpc) is 2.89. The molecule has 0 saturated carbocycles. The zero-order valence-electron chi connectivity index (χ0n) is 18.2. The van der Waals surface area contributed by atoms with Crippen molar-refractivity contribution >= 4 is 62.9 Å². The van der Waals surface area contributed by atoms with Gasteiger partial charge in [0.15, 0.2) is 17.3 Å². The highest BCUT2D eigenvalue weighted by Crippen LogP contribution is 2.47. The van der Waals surface area contributed by atoms with Crippen LogP contribution in [-0.2, 0) is 0 Å². The number of aliphatic hydroxyl groups excluding tert-OH is 1. The van der Waals surface area contributed by atoms with Gasteiger partial charge in [-0.2, -0.15) is 0 Å². The number of carbonyl (C=O) groups is 3. The van der Waals surface area contributed by atoms with Crippen LogP contribution in [0.3, 0.4) is 0 Å². The van der Waals surface area contributed by atoms with Crippen molar-refractivity contribution in [2.24, 2.45) is 0 Å². The number of aliphatic hydroxyl groups is 1. The number of Topliss-reactive ketones (excluding diaryl/α,β-unsaturated/α-hetero) is 1. The highest BCUT2D eigenvalue weighted by atomic mass is 35.5. The van der Waals surface area contributed by atoms with Gasteiger partial charge in [0, 0.05) is 33.4 Å². The van der Waals surface area contributed by atoms with Crippen LogP contribution < -0.4 is 0 Å². The Morgan fingerprint density at radius 3 is 2.06 bits per heavy atom. The first kappa shape index (κ1) is 21.2. The lowest BCUT2D eigenvalue weighted by Crippen LogP contribution is -2.23. The van der Waals surface area contributed by atoms with E-state index in [4.69, 9.17) is 23.2 Å². The van der Waals surface area contributed by atoms with E-state index in [1.165, 1.54) is 12.1 Å². The van der Waals surface area contributed by atoms with Crippen LogP contribution in [0.5, 0.6) is 0 Å². The third-order valence-corrected chi connectivity index (χ3v) is 7.42. The third kappa shape index (κ3) is 2.60. The molecule has 36 heavy (non-hydrogen) atoms. The fourth-order valence-corrected chi connectivity index (χ4v) is 5.68. The van der Waals surface area contributed by atoms with E-state index in [-0.39, 0.29) is 78.4 Å². The summed E-state index contributed by atoms with van der Waals surface area (Å²) in [7, 11) is 0. The summed E-state index contributed by atoms with van der Waals surface area (Å²) in [4.78, 5) is 49.3. The summed E-state index contributed by atoms with van der Waals surface area (Å²) in [6.07, 6.45) is 1.52. The zero-order valence-corrected chi connectivity index (χ0v) is 19.7. The number of fused-ring (bicyclic) bond motifs is 8. The van der Waals surface area contributed by atoms with Crippen molar-refractivity contribution in [1.82, 2.24) is 9.97 Å². The van der Waals surface area contributed by atoms with Gasteiger partial charge in [-0.25, -0.2) is 9.97 Å². The number of nitrogens with zero attached hydrogens (tertiary/aromatic N) is 2. The SMILES string of the molecule is O=C1C2=CC(Cl)c3nc4c5c(cc(Cl)c4nc3C2=C(O)c2ccccc21)C(=O)c1ccccc1C5=O. The number of halogens is 2. The predicted molar refractivity (Wildman–Crippen MR) is 135 cm³/mol. The minimum Gasteiger partial charge on any atom is -0.507 e. The number of ketones is 3. The van der Waals surface area contributed by atoms with E-state index in [2.05, 4.69) is 9.97 Å². The van der Waals surface area contributed by atoms with Crippen LogP contribution in [0.25, 0.3) is 22.4 Å². The number of allylic oxidation sites excluding steroid dienone is 3. The van der Waals surface area contributed by atoms with Crippen LogP contribution in [-0.4, -0.2) is 32.4 Å². The molecule has 1 aromatic heterocycles. The Hall–Kier alpha value is -4.13. The standard InChI is InChI=1S/C28H12Cl2N2O4/c29-17-9-15-19(27(35)13-7-3-1-5-11(13)25(15)33)23-21(17)32-24-20-16(10-18(30)22(24)31-23)26(34)12-6-2-4-8-14(12)28(20)36/h1-10,17,35H. The first-order valence-corrected chi connectivity index (χ1v) is 11.8. The van der Waals surface area contributed by atoms with Crippen LogP contribution in [0.1, 0.15) is 64.5 Å². The topological polar surface area (TPSA) is 97.2 Å². The number of rotatable bonds is 0. The summed E-state index contributed by atoms with van der Waals surface area (Å²) in [6.45, 7) is 0. The van der Waals surface area contributed by atoms with Crippen molar-refractivity contribution in [1.29, 1.82) is 0 Å². The van der Waals surface area contributed by atoms with Crippen LogP contribution in [0.4, 0.5) is 0 Å². The lowest BCUT2D eigenvalue weighted by Gasteiger charge is -2.27. The molecule has 1 N–H and O–H groups in total. The van der Waals surface area contributed by atoms with Crippen molar-refractivity contribution in [2.75, 3.05) is 0 Å². The lowest BCUT2D eigenvalue weighted by molar-refractivity contribution is 0.0980. The smallest absolute Gasteiger partial charge is 0.196 e. The molecule has 0 fully saturated rings. The van der Waals surface area contributed by atoms with Crippen molar-refractivity contribution in [3.05, 3.63) is 116 Å². The molecule has 1 atom stereocenters. The Morgan fingerprint density at radius 2 is 1.36 bits per heavy atom. The molecule has 4 aromatic rings. The van der Waals surface area contributed by atoms with Crippen LogP contribution in [0.2, 0.25) is 5.02 Å². The summed E-state index contributed by atoms with van der Waals surface area (Å²) in [5, 5.41) is 10.4. The molecule has 172 valence electrons. The summed E-state index contributed by atoms with van der Waals surface area (Å²) in [6, 6.07) is 14.7. The number of benzene rings is 3. The Labute approximate surface area is 213 Å². The monoisotopic (exact) mass is 510 g/mol. The van der Waals surface area contributed by atoms with Crippen molar-refractivity contribution in [2.45, 2.75) is 5.38 Å². The summed E-state index contributed by atoms with van der Waals surface area (Å²) in [5.41, 5.74) is 2.78. The highest BCUT2D eigenvalue weighted by molar-refractivity contribution is 6.39. The first-order valence-electron chi connectivity index (χ1n) is 11.0. The van der Waals surface area contributed by atoms with Gasteiger partial charge in [0.25, 0.3) is 0 Å². The predicted octanol–water partition coefficient (Wildman–Crippen LogP) is 5.90. The number of carbonyl (C=O) groups excluding carboxylic acids is 3. The molecule has 3 aromatic carbocycles. The van der Waals surface area contributed by atoms with E-state index in [1.807, 2.05) is 0 Å². The van der Waals surface area contributed by atoms with Gasteiger partial charge in [-0.3, -0.25) is 14.4 Å². The largest absolute Gasteiger partial charge is 0.507 e. The maximum Gasteiger partial charge on any atom is 0.196 e. The Bertz CT molecular complexity index is 1840. The second-order valence-electron chi connectivity index (χ2n) is 8.72. The van der Waals surface area contributed by atoms with Gasteiger partial charge < -0.3 is 5.11 Å². The summed E-state index contributed by atoms with van der Waals surface area (Å²) >= 11 is 13.2. The maximum absolute atomic E-state index is 13.5. The third-order valence-electron chi connectivity index (χ3n) is 6.80. The van der Waals surface area contributed by atoms with Crippen molar-refractivity contribution in [3.8, 4) is 0 Å². The van der Waals surface area contributed by atoms with Gasteiger partial charge in [-0.05, 0) is 12.1 Å². The molecule has 8 heteroatoms. The zero-order chi connectivity index (χ0) is 24.9. The molecule has 0 amide bonds. The van der Waals surface area contributed by atoms with E-state index in [0.717, 1.165) is 0 Å². The fourth-order valence-electron chi connectivity index (χ4n) is 5.16. The van der Waals surface area contributed by atoms with Crippen molar-refractivity contribution in [3.63, 3.8) is 0 Å². The first-order chi connectivity index (χ1) is 17.4. The van der Waals surface area contributed by atoms with Gasteiger partial charge in [0.05, 0.1) is 32.9 Å². The van der Waals surface area contributed by atoms with Gasteiger partial charge >= 0.3 is 0 Å². The van der Waals surface area contributed by atoms with Crippen molar-refractivity contribution < 1.29 is 19.5 Å². The van der Waals surface area contributed by atoms with Crippen LogP contribution in [0.15, 0.2) is 66.2 Å². The molecule has 3 aliphatic carbocycles. The van der Waals surface area contributed by atoms with E-state index in [1.54, 1.807) is 48.5 Å². The minimum absolute atomic E-state index is 0.107. The second-order valence-corrected chi connectivity index (χ2v) is 9.60. The summed E-state index contributed by atoms with van der Waals surface area (Å²) < 4.78 is 0. The molecule has 0 bridgehead atoms. The van der Waals surface area contributed by atoms with E-state index in [0.29, 0.717) is 16.7 Å². The lowest BCUT2D eigenvalue weighted by atomic mass is 9.80. The van der Waals surface area contributed by atoms with Crippen LogP contribution >= 0.6 is 23.2 Å². The molecular weight excluding hydrogens is 499 g/mol. The molecule has 3 aliphatic rings. The molecular formula is C28H12Cl2N2O4. The minimum atomic E-state index is -0.867. The molecule has 0 saturated heterocycles. The number of hydrogen-bond donors (Lipinski definition) is 1. The molecule has 1 unspecified atom stereocenters. The fraction of sp³-hybridized carbons (Fsp3) is 0.0357. The maximum atomic E-state index is 13.5. The van der Waals surface area contributed by atoms with Gasteiger partial charge in [0.2, 0.25) is 0 Å². The molecule has 0 aliphatic heterocycles. The van der Waals surface area contributed by atoms with E-state index < -0.39 is 5.38 Å². The number of aromatic nitrogens is 2. The van der Waals surface area contributed by atoms with Gasteiger partial charge in [0.1, 0.15) is 16.8 Å². The Balaban J connectivity index is 1.55. The molecule has 0 radical (unpaired) electrons. The summed E-state index contributed by atoms with van der Waals surface area (Å²) in [5.74, 6) is -1.10. The Morgan fingerprint density at radius 1 is 0.750 bits per heavy atom. The van der Waals surface area contributed by atoms with Gasteiger partial charge in [-0.1, -0.05) is 60.1 Å². The average molecular weight is 511 g/mol. The highest BCUT2D eigenvalue weighted by Gasteiger charge is 2.39. The van der Waals surface area contributed by atoms with Crippen LogP contribution in [0, 0.1) is 0 Å². The second kappa shape index (κ2) is 7.20. The molecule has 7 rings (SSSR count). The molecule has 1 heterocycles. The number of hydrogen-bond acceptors (Lipinski definition) is 6. The van der Waals surface area contributed by atoms with E-state index >= 15 is 0 Å². The number of alkyl halides is 1. The van der Waals surface area contributed by atoms with Gasteiger partial charge in [-0.15, -0.1) is 11.6 Å². The molecule has 6 nitrogen and oxygen atoms in total. The molecule has 0 spiro atoms. The Kier molecular flexibility index (Phi) is 4.23. The van der Waals surface area contributed by atoms with E-state index in [9.17, 15) is 19.5 Å². The quantitative estimate of drug-likeness (QED) is 0.260.